The van der Waals surface area contributed by atoms with Gasteiger partial charge in [0.25, 0.3) is 0 Å². The van der Waals surface area contributed by atoms with E-state index in [2.05, 4.69) is 25.4 Å². The number of aryl methyl sites for hydroxylation is 2. The van der Waals surface area contributed by atoms with Gasteiger partial charge in [-0.25, -0.2) is 23.7 Å². The molecular formula is C27H27F2N9O2. The number of alkyl halides is 1. The molecule has 13 heteroatoms. The number of nitrogens with zero attached hydrogens (tertiary/aromatic N) is 8. The third-order valence-electron chi connectivity index (χ3n) is 6.19. The molecule has 5 rings (SSSR count). The van der Waals surface area contributed by atoms with Gasteiger partial charge in [-0.3, -0.25) is 9.48 Å². The van der Waals surface area contributed by atoms with E-state index in [4.69, 9.17) is 9.72 Å². The van der Waals surface area contributed by atoms with Crippen molar-refractivity contribution < 1.29 is 18.3 Å². The Bertz CT molecular complexity index is 1530. The summed E-state index contributed by atoms with van der Waals surface area (Å²) in [4.78, 5) is 33.4. The molecule has 1 aliphatic rings. The van der Waals surface area contributed by atoms with Gasteiger partial charge in [-0.05, 0) is 36.8 Å². The number of rotatable bonds is 8. The first kappa shape index (κ1) is 26.7. The summed E-state index contributed by atoms with van der Waals surface area (Å²) in [5.41, 5.74) is 2.56. The van der Waals surface area contributed by atoms with Crippen molar-refractivity contribution in [1.29, 1.82) is 0 Å². The van der Waals surface area contributed by atoms with Gasteiger partial charge in [-0.15, -0.1) is 0 Å². The maximum atomic E-state index is 15.2. The molecule has 1 N–H and O–H groups in total. The van der Waals surface area contributed by atoms with E-state index in [1.165, 1.54) is 24.3 Å². The van der Waals surface area contributed by atoms with E-state index in [1.807, 2.05) is 4.90 Å². The molecule has 3 aromatic heterocycles. The molecule has 1 amide bonds. The lowest BCUT2D eigenvalue weighted by Gasteiger charge is -2.35. The van der Waals surface area contributed by atoms with Crippen molar-refractivity contribution in [1.82, 2.24) is 34.6 Å². The zero-order valence-corrected chi connectivity index (χ0v) is 22.0. The molecule has 0 spiro atoms. The monoisotopic (exact) mass is 547 g/mol. The predicted molar refractivity (Wildman–Crippen MR) is 145 cm³/mol. The second-order valence-corrected chi connectivity index (χ2v) is 9.06. The van der Waals surface area contributed by atoms with Gasteiger partial charge in [0.1, 0.15) is 12.5 Å². The first-order chi connectivity index (χ1) is 19.4. The topological polar surface area (TPSA) is 114 Å². The van der Waals surface area contributed by atoms with E-state index in [0.29, 0.717) is 60.5 Å². The molecule has 1 aromatic carbocycles. The van der Waals surface area contributed by atoms with E-state index in [9.17, 15) is 9.18 Å². The number of ether oxygens (including phenoxy) is 1. The minimum absolute atomic E-state index is 0.0138. The Balaban J connectivity index is 1.43. The minimum atomic E-state index is -0.693. The van der Waals surface area contributed by atoms with Crippen LogP contribution < -0.4 is 15.0 Å². The van der Waals surface area contributed by atoms with Crippen molar-refractivity contribution in [3.63, 3.8) is 0 Å². The van der Waals surface area contributed by atoms with E-state index in [0.717, 1.165) is 0 Å². The molecule has 11 nitrogen and oxygen atoms in total. The summed E-state index contributed by atoms with van der Waals surface area (Å²) in [6.45, 7) is 2.88. The molecule has 0 saturated carbocycles. The van der Waals surface area contributed by atoms with Crippen LogP contribution in [0.3, 0.4) is 0 Å². The molecular weight excluding hydrogens is 520 g/mol. The molecule has 1 saturated heterocycles. The van der Waals surface area contributed by atoms with Crippen LogP contribution in [0.15, 0.2) is 61.2 Å². The normalized spacial score (nSPS) is 13.6. The minimum Gasteiger partial charge on any atom is -0.421 e. The van der Waals surface area contributed by atoms with Crippen LogP contribution in [-0.2, 0) is 11.8 Å². The van der Waals surface area contributed by atoms with Crippen molar-refractivity contribution in [2.75, 3.05) is 43.1 Å². The molecule has 0 aliphatic carbocycles. The van der Waals surface area contributed by atoms with Crippen LogP contribution in [0.2, 0.25) is 0 Å². The number of piperazine rings is 1. The number of nitrogens with one attached hydrogen (secondary N) is 1. The van der Waals surface area contributed by atoms with Gasteiger partial charge >= 0.3 is 6.01 Å². The van der Waals surface area contributed by atoms with Crippen LogP contribution in [0.5, 0.6) is 11.8 Å². The first-order valence-corrected chi connectivity index (χ1v) is 12.6. The number of amides is 1. The van der Waals surface area contributed by atoms with Gasteiger partial charge in [0.2, 0.25) is 11.9 Å². The van der Waals surface area contributed by atoms with Gasteiger partial charge < -0.3 is 19.9 Å². The summed E-state index contributed by atoms with van der Waals surface area (Å²) in [5, 5.41) is 7.28. The Kier molecular flexibility index (Phi) is 7.89. The quantitative estimate of drug-likeness (QED) is 0.329. The van der Waals surface area contributed by atoms with Crippen molar-refractivity contribution >= 4 is 23.4 Å². The number of allylic oxidation sites excluding steroid dienone is 1. The van der Waals surface area contributed by atoms with Crippen LogP contribution in [-0.4, -0.2) is 73.4 Å². The standard InChI is InChI=1S/C27H27F2N9O2/c1-18-7-9-30-27(33-18)40-23-6-5-19(14-22(23)29)21-16-31-26(34-20-15-32-36(2)17-20)35-25(21)38-12-10-37(11-13-38)24(39)4-3-8-28/h3-7,9,14-17H,8,10-13H2,1-2H3,(H,31,34,35)/b4-3+. The van der Waals surface area contributed by atoms with E-state index in [-0.39, 0.29) is 17.7 Å². The molecule has 1 aliphatic heterocycles. The number of halogens is 2. The van der Waals surface area contributed by atoms with Crippen molar-refractivity contribution in [2.24, 2.45) is 7.05 Å². The number of carbonyl (C=O) groups excluding carboxylic acids is 1. The molecule has 0 bridgehead atoms. The Labute approximate surface area is 229 Å². The van der Waals surface area contributed by atoms with Crippen LogP contribution >= 0.6 is 0 Å². The SMILES string of the molecule is Cc1ccnc(Oc2ccc(-c3cnc(Nc4cnn(C)c4)nc3N3CCN(C(=O)/C=C/CF)CC3)cc2F)n1. The molecule has 4 heterocycles. The lowest BCUT2D eigenvalue weighted by Crippen LogP contribution is -2.48. The van der Waals surface area contributed by atoms with Gasteiger partial charge in [0, 0.05) is 69.2 Å². The molecule has 4 aromatic rings. The fraction of sp³-hybridized carbons (Fsp3) is 0.259. The Morgan fingerprint density at radius 1 is 1.12 bits per heavy atom. The zero-order valence-electron chi connectivity index (χ0n) is 22.0. The summed E-state index contributed by atoms with van der Waals surface area (Å²) in [5.74, 6) is 0.0618. The molecule has 0 atom stereocenters. The lowest BCUT2D eigenvalue weighted by atomic mass is 10.1. The second kappa shape index (κ2) is 11.8. The maximum absolute atomic E-state index is 15.2. The zero-order chi connectivity index (χ0) is 28.1. The molecule has 40 heavy (non-hydrogen) atoms. The van der Waals surface area contributed by atoms with Crippen LogP contribution in [0, 0.1) is 12.7 Å². The number of hydrogen-bond acceptors (Lipinski definition) is 9. The van der Waals surface area contributed by atoms with Crippen LogP contribution in [0.1, 0.15) is 5.69 Å². The summed E-state index contributed by atoms with van der Waals surface area (Å²) in [6.07, 6.45) is 9.05. The lowest BCUT2D eigenvalue weighted by molar-refractivity contribution is -0.126. The van der Waals surface area contributed by atoms with Gasteiger partial charge in [0.05, 0.1) is 11.9 Å². The van der Waals surface area contributed by atoms with Gasteiger partial charge in [0.15, 0.2) is 11.6 Å². The Morgan fingerprint density at radius 3 is 2.65 bits per heavy atom. The highest BCUT2D eigenvalue weighted by Gasteiger charge is 2.24. The highest BCUT2D eigenvalue weighted by Crippen LogP contribution is 2.34. The summed E-state index contributed by atoms with van der Waals surface area (Å²) < 4.78 is 34.8. The average molecular weight is 548 g/mol. The highest BCUT2D eigenvalue weighted by molar-refractivity contribution is 5.88. The summed E-state index contributed by atoms with van der Waals surface area (Å²) in [7, 11) is 1.80. The predicted octanol–water partition coefficient (Wildman–Crippen LogP) is 3.82. The van der Waals surface area contributed by atoms with Crippen LogP contribution in [0.25, 0.3) is 11.1 Å². The largest absolute Gasteiger partial charge is 0.421 e. The number of benzene rings is 1. The average Bonchev–Trinajstić information content (AvgIpc) is 3.37. The second-order valence-electron chi connectivity index (χ2n) is 9.06. The smallest absolute Gasteiger partial charge is 0.322 e. The fourth-order valence-corrected chi connectivity index (χ4v) is 4.21. The molecule has 1 fully saturated rings. The van der Waals surface area contributed by atoms with E-state index in [1.54, 1.807) is 60.5 Å². The Hall–Kier alpha value is -4.94. The number of hydrogen-bond donors (Lipinski definition) is 1. The molecule has 0 unspecified atom stereocenters. The van der Waals surface area contributed by atoms with E-state index < -0.39 is 12.5 Å². The third kappa shape index (κ3) is 6.20. The van der Waals surface area contributed by atoms with Crippen molar-refractivity contribution in [2.45, 2.75) is 6.92 Å². The first-order valence-electron chi connectivity index (χ1n) is 12.6. The number of anilines is 3. The van der Waals surface area contributed by atoms with E-state index >= 15 is 4.39 Å². The highest BCUT2D eigenvalue weighted by atomic mass is 19.1. The summed E-state index contributed by atoms with van der Waals surface area (Å²) in [6, 6.07) is 6.34. The molecule has 0 radical (unpaired) electrons. The fourth-order valence-electron chi connectivity index (χ4n) is 4.21. The maximum Gasteiger partial charge on any atom is 0.322 e. The third-order valence-corrected chi connectivity index (χ3v) is 6.19. The van der Waals surface area contributed by atoms with Crippen molar-refractivity contribution in [3.05, 3.63) is 72.7 Å². The Morgan fingerprint density at radius 2 is 1.95 bits per heavy atom. The van der Waals surface area contributed by atoms with Gasteiger partial charge in [-0.1, -0.05) is 6.07 Å². The summed E-state index contributed by atoms with van der Waals surface area (Å²) >= 11 is 0. The molecule has 206 valence electrons. The number of carbonyl (C=O) groups is 1. The van der Waals surface area contributed by atoms with Crippen LogP contribution in [0.4, 0.5) is 26.2 Å². The van der Waals surface area contributed by atoms with Crippen molar-refractivity contribution in [3.8, 4) is 22.9 Å². The van der Waals surface area contributed by atoms with Gasteiger partial charge in [-0.2, -0.15) is 10.1 Å². The number of aromatic nitrogens is 6.